The van der Waals surface area contributed by atoms with Crippen molar-refractivity contribution in [2.75, 3.05) is 0 Å². The van der Waals surface area contributed by atoms with Gasteiger partial charge in [-0.25, -0.2) is 9.89 Å². The van der Waals surface area contributed by atoms with Gasteiger partial charge < -0.3 is 10.4 Å². The number of carboxylic acids is 1. The summed E-state index contributed by atoms with van der Waals surface area (Å²) in [6.45, 7) is 6.60. The summed E-state index contributed by atoms with van der Waals surface area (Å²) in [5.41, 5.74) is 0.225. The van der Waals surface area contributed by atoms with Gasteiger partial charge in [0, 0.05) is 0 Å². The third-order valence-corrected chi connectivity index (χ3v) is 2.92. The maximum absolute atomic E-state index is 12.0. The molecule has 0 spiro atoms. The van der Waals surface area contributed by atoms with Gasteiger partial charge in [0.2, 0.25) is 0 Å². The molecule has 7 nitrogen and oxygen atoms in total. The molecule has 0 saturated carbocycles. The zero-order valence-electron chi connectivity index (χ0n) is 11.3. The lowest BCUT2D eigenvalue weighted by molar-refractivity contribution is -0.140. The van der Waals surface area contributed by atoms with Crippen molar-refractivity contribution in [3.05, 3.63) is 27.2 Å². The lowest BCUT2D eigenvalue weighted by atomic mass is 10.0. The fourth-order valence-electron chi connectivity index (χ4n) is 1.63. The molecule has 7 heteroatoms. The van der Waals surface area contributed by atoms with Crippen LogP contribution in [-0.2, 0) is 4.79 Å². The number of aryl methyl sites for hydroxylation is 1. The third kappa shape index (κ3) is 3.18. The largest absolute Gasteiger partial charge is 0.480 e. The first-order valence-electron chi connectivity index (χ1n) is 5.85. The fourth-order valence-corrected chi connectivity index (χ4v) is 1.63. The van der Waals surface area contributed by atoms with Gasteiger partial charge in [0.05, 0.1) is 5.69 Å². The Kier molecular flexibility index (Phi) is 4.42. The van der Waals surface area contributed by atoms with E-state index in [1.54, 1.807) is 27.7 Å². The molecule has 1 amide bonds. The zero-order valence-corrected chi connectivity index (χ0v) is 11.3. The van der Waals surface area contributed by atoms with E-state index in [-0.39, 0.29) is 11.5 Å². The second-order valence-electron chi connectivity index (χ2n) is 4.67. The number of amides is 1. The van der Waals surface area contributed by atoms with Gasteiger partial charge in [-0.3, -0.25) is 9.59 Å². The van der Waals surface area contributed by atoms with Gasteiger partial charge in [-0.15, -0.1) is 0 Å². The van der Waals surface area contributed by atoms with Crippen molar-refractivity contribution in [1.29, 1.82) is 0 Å². The van der Waals surface area contributed by atoms with Crippen LogP contribution in [0.2, 0.25) is 0 Å². The van der Waals surface area contributed by atoms with Gasteiger partial charge in [-0.05, 0) is 25.3 Å². The number of aromatic nitrogens is 2. The topological polar surface area (TPSA) is 112 Å². The quantitative estimate of drug-likeness (QED) is 0.722. The minimum absolute atomic E-state index is 0.0978. The summed E-state index contributed by atoms with van der Waals surface area (Å²) in [4.78, 5) is 34.7. The Bertz CT molecular complexity index is 563. The first-order valence-corrected chi connectivity index (χ1v) is 5.85. The van der Waals surface area contributed by atoms with Crippen molar-refractivity contribution >= 4 is 11.9 Å². The summed E-state index contributed by atoms with van der Waals surface area (Å²) < 4.78 is 0. The van der Waals surface area contributed by atoms with Gasteiger partial charge in [0.1, 0.15) is 11.6 Å². The lowest BCUT2D eigenvalue weighted by Crippen LogP contribution is -2.46. The van der Waals surface area contributed by atoms with Crippen molar-refractivity contribution < 1.29 is 14.7 Å². The molecule has 0 unspecified atom stereocenters. The Balaban J connectivity index is 3.12. The molecule has 0 fully saturated rings. The number of carbonyl (C=O) groups excluding carboxylic acids is 1. The normalized spacial score (nSPS) is 12.3. The number of hydrogen-bond donors (Lipinski definition) is 3. The average Bonchev–Trinajstić information content (AvgIpc) is 2.30. The van der Waals surface area contributed by atoms with Crippen LogP contribution in [0.3, 0.4) is 0 Å². The monoisotopic (exact) mass is 267 g/mol. The molecule has 0 aliphatic rings. The van der Waals surface area contributed by atoms with Gasteiger partial charge in [0.15, 0.2) is 0 Å². The SMILES string of the molecule is Cc1n[nH]c(=O)c(C(=O)N[C@@H](C(=O)O)C(C)C)c1C. The highest BCUT2D eigenvalue weighted by Gasteiger charge is 2.26. The Morgan fingerprint density at radius 3 is 2.37 bits per heavy atom. The van der Waals surface area contributed by atoms with E-state index < -0.39 is 23.5 Å². The maximum atomic E-state index is 12.0. The van der Waals surface area contributed by atoms with Crippen LogP contribution in [0.25, 0.3) is 0 Å². The maximum Gasteiger partial charge on any atom is 0.326 e. The number of carbonyl (C=O) groups is 2. The molecule has 0 bridgehead atoms. The summed E-state index contributed by atoms with van der Waals surface area (Å²) in [6.07, 6.45) is 0. The molecular formula is C12H17N3O4. The number of rotatable bonds is 4. The number of H-pyrrole nitrogens is 1. The van der Waals surface area contributed by atoms with Crippen molar-refractivity contribution in [2.45, 2.75) is 33.7 Å². The van der Waals surface area contributed by atoms with E-state index in [0.29, 0.717) is 11.3 Å². The second kappa shape index (κ2) is 5.64. The molecule has 0 aromatic carbocycles. The van der Waals surface area contributed by atoms with Crippen molar-refractivity contribution in [1.82, 2.24) is 15.5 Å². The number of aliphatic carboxylic acids is 1. The van der Waals surface area contributed by atoms with Crippen LogP contribution in [0.4, 0.5) is 0 Å². The minimum atomic E-state index is -1.14. The summed E-state index contributed by atoms with van der Waals surface area (Å²) in [5.74, 6) is -2.13. The molecule has 1 heterocycles. The first-order chi connectivity index (χ1) is 8.75. The highest BCUT2D eigenvalue weighted by Crippen LogP contribution is 2.07. The summed E-state index contributed by atoms with van der Waals surface area (Å²) >= 11 is 0. The van der Waals surface area contributed by atoms with Crippen LogP contribution in [-0.4, -0.2) is 33.2 Å². The van der Waals surface area contributed by atoms with Crippen molar-refractivity contribution in [3.63, 3.8) is 0 Å². The van der Waals surface area contributed by atoms with E-state index in [0.717, 1.165) is 0 Å². The predicted octanol–water partition coefficient (Wildman–Crippen LogP) is 0.226. The van der Waals surface area contributed by atoms with Crippen LogP contribution in [0, 0.1) is 19.8 Å². The van der Waals surface area contributed by atoms with Crippen molar-refractivity contribution in [2.24, 2.45) is 5.92 Å². The summed E-state index contributed by atoms with van der Waals surface area (Å²) in [7, 11) is 0. The van der Waals surface area contributed by atoms with Gasteiger partial charge in [-0.2, -0.15) is 5.10 Å². The Morgan fingerprint density at radius 1 is 1.32 bits per heavy atom. The Hall–Kier alpha value is -2.18. The molecule has 0 aliphatic carbocycles. The molecule has 3 N–H and O–H groups in total. The standard InChI is InChI=1S/C12H17N3O4/c1-5(2)9(12(18)19)13-10(16)8-6(3)7(4)14-15-11(8)17/h5,9H,1-4H3,(H,13,16)(H,15,17)(H,18,19)/t9-/m1/s1. The van der Waals surface area contributed by atoms with Gasteiger partial charge in [0.25, 0.3) is 11.5 Å². The van der Waals surface area contributed by atoms with Crippen LogP contribution < -0.4 is 10.9 Å². The first kappa shape index (κ1) is 14.9. The predicted molar refractivity (Wildman–Crippen MR) is 68.1 cm³/mol. The highest BCUT2D eigenvalue weighted by atomic mass is 16.4. The van der Waals surface area contributed by atoms with E-state index in [1.165, 1.54) is 0 Å². The molecule has 19 heavy (non-hydrogen) atoms. The van der Waals surface area contributed by atoms with Crippen LogP contribution in [0.5, 0.6) is 0 Å². The van der Waals surface area contributed by atoms with Crippen LogP contribution >= 0.6 is 0 Å². The van der Waals surface area contributed by atoms with E-state index >= 15 is 0 Å². The number of aromatic amines is 1. The van der Waals surface area contributed by atoms with Gasteiger partial charge in [-0.1, -0.05) is 13.8 Å². The molecule has 0 radical (unpaired) electrons. The average molecular weight is 267 g/mol. The van der Waals surface area contributed by atoms with Crippen molar-refractivity contribution in [3.8, 4) is 0 Å². The zero-order chi connectivity index (χ0) is 14.7. The molecule has 0 aliphatic heterocycles. The molecular weight excluding hydrogens is 250 g/mol. The second-order valence-corrected chi connectivity index (χ2v) is 4.67. The Morgan fingerprint density at radius 2 is 1.89 bits per heavy atom. The highest BCUT2D eigenvalue weighted by molar-refractivity contribution is 5.97. The van der Waals surface area contributed by atoms with E-state index in [1.807, 2.05) is 0 Å². The minimum Gasteiger partial charge on any atom is -0.480 e. The van der Waals surface area contributed by atoms with Crippen LogP contribution in [0.1, 0.15) is 35.5 Å². The summed E-state index contributed by atoms with van der Waals surface area (Å²) in [6, 6.07) is -1.04. The molecule has 0 saturated heterocycles. The molecule has 1 rings (SSSR count). The molecule has 1 atom stereocenters. The Labute approximate surface area is 110 Å². The number of hydrogen-bond acceptors (Lipinski definition) is 4. The molecule has 1 aromatic heterocycles. The number of nitrogens with one attached hydrogen (secondary N) is 2. The lowest BCUT2D eigenvalue weighted by Gasteiger charge is -2.18. The molecule has 1 aromatic rings. The van der Waals surface area contributed by atoms with Crippen LogP contribution in [0.15, 0.2) is 4.79 Å². The van der Waals surface area contributed by atoms with E-state index in [2.05, 4.69) is 15.5 Å². The van der Waals surface area contributed by atoms with E-state index in [4.69, 9.17) is 5.11 Å². The number of nitrogens with zero attached hydrogens (tertiary/aromatic N) is 1. The smallest absolute Gasteiger partial charge is 0.326 e. The summed E-state index contributed by atoms with van der Waals surface area (Å²) in [5, 5.41) is 17.3. The third-order valence-electron chi connectivity index (χ3n) is 2.92. The van der Waals surface area contributed by atoms with E-state index in [9.17, 15) is 14.4 Å². The van der Waals surface area contributed by atoms with Gasteiger partial charge >= 0.3 is 5.97 Å². The molecule has 104 valence electrons. The number of carboxylic acid groups (broad SMARTS) is 1. The fraction of sp³-hybridized carbons (Fsp3) is 0.500.